The first-order valence-corrected chi connectivity index (χ1v) is 7.68. The van der Waals surface area contributed by atoms with Crippen LogP contribution in [0.1, 0.15) is 37.8 Å². The van der Waals surface area contributed by atoms with Crippen LogP contribution >= 0.6 is 0 Å². The van der Waals surface area contributed by atoms with Crippen LogP contribution in [0.2, 0.25) is 0 Å². The van der Waals surface area contributed by atoms with Gasteiger partial charge in [-0.1, -0.05) is 6.42 Å². The largest absolute Gasteiger partial charge is 0.493 e. The highest BCUT2D eigenvalue weighted by Gasteiger charge is 2.29. The Morgan fingerprint density at radius 3 is 2.95 bits per heavy atom. The first-order valence-electron chi connectivity index (χ1n) is 7.68. The van der Waals surface area contributed by atoms with E-state index in [9.17, 15) is 0 Å². The molecule has 116 valence electrons. The molecule has 2 N–H and O–H groups in total. The lowest BCUT2D eigenvalue weighted by Gasteiger charge is -2.39. The van der Waals surface area contributed by atoms with Gasteiger partial charge in [0.25, 0.3) is 0 Å². The van der Waals surface area contributed by atoms with Crippen LogP contribution in [0, 0.1) is 0 Å². The number of methoxy groups -OCH3 is 1. The third kappa shape index (κ3) is 2.68. The number of rotatable bonds is 4. The maximum absolute atomic E-state index is 6.08. The van der Waals surface area contributed by atoms with Crippen LogP contribution in [-0.4, -0.2) is 37.9 Å². The Morgan fingerprint density at radius 1 is 1.38 bits per heavy atom. The predicted octanol–water partition coefficient (Wildman–Crippen LogP) is 2.30. The van der Waals surface area contributed by atoms with Crippen molar-refractivity contribution < 1.29 is 14.2 Å². The Labute approximate surface area is 126 Å². The molecule has 1 saturated heterocycles. The number of hydrogen-bond acceptors (Lipinski definition) is 5. The van der Waals surface area contributed by atoms with Gasteiger partial charge in [0.2, 0.25) is 12.5 Å². The summed E-state index contributed by atoms with van der Waals surface area (Å²) in [7, 11) is 1.65. The molecule has 2 atom stereocenters. The van der Waals surface area contributed by atoms with Gasteiger partial charge in [-0.2, -0.15) is 0 Å². The SMILES string of the molecule is COc1cc(C(CN)N2CCCCC2C)cc2c1OCO2. The van der Waals surface area contributed by atoms with Gasteiger partial charge in [0.15, 0.2) is 11.5 Å². The number of hydrogen-bond donors (Lipinski definition) is 1. The quantitative estimate of drug-likeness (QED) is 0.923. The van der Waals surface area contributed by atoms with E-state index in [1.807, 2.05) is 12.1 Å². The van der Waals surface area contributed by atoms with Crippen LogP contribution in [0.4, 0.5) is 0 Å². The highest BCUT2D eigenvalue weighted by molar-refractivity contribution is 5.55. The second-order valence-corrected chi connectivity index (χ2v) is 5.79. The van der Waals surface area contributed by atoms with E-state index in [4.69, 9.17) is 19.9 Å². The van der Waals surface area contributed by atoms with Gasteiger partial charge in [-0.3, -0.25) is 4.90 Å². The highest BCUT2D eigenvalue weighted by Crippen LogP contribution is 2.44. The van der Waals surface area contributed by atoms with Gasteiger partial charge in [-0.05, 0) is 44.0 Å². The fourth-order valence-electron chi connectivity index (χ4n) is 3.39. The zero-order valence-corrected chi connectivity index (χ0v) is 12.8. The summed E-state index contributed by atoms with van der Waals surface area (Å²) in [5.74, 6) is 2.18. The predicted molar refractivity (Wildman–Crippen MR) is 80.9 cm³/mol. The minimum atomic E-state index is 0.198. The summed E-state index contributed by atoms with van der Waals surface area (Å²) in [5.41, 5.74) is 7.23. The second-order valence-electron chi connectivity index (χ2n) is 5.79. The molecule has 0 bridgehead atoms. The first kappa shape index (κ1) is 14.5. The highest BCUT2D eigenvalue weighted by atomic mass is 16.7. The monoisotopic (exact) mass is 292 g/mol. The first-order chi connectivity index (χ1) is 10.2. The van der Waals surface area contributed by atoms with Crippen LogP contribution in [0.15, 0.2) is 12.1 Å². The summed E-state index contributed by atoms with van der Waals surface area (Å²) in [5, 5.41) is 0. The van der Waals surface area contributed by atoms with E-state index >= 15 is 0 Å². The molecule has 0 saturated carbocycles. The van der Waals surface area contributed by atoms with Gasteiger partial charge in [0.05, 0.1) is 7.11 Å². The number of nitrogens with zero attached hydrogens (tertiary/aromatic N) is 1. The molecule has 0 radical (unpaired) electrons. The molecule has 2 aliphatic heterocycles. The van der Waals surface area contributed by atoms with Crippen molar-refractivity contribution in [2.45, 2.75) is 38.3 Å². The maximum Gasteiger partial charge on any atom is 0.231 e. The van der Waals surface area contributed by atoms with E-state index in [-0.39, 0.29) is 12.8 Å². The zero-order chi connectivity index (χ0) is 14.8. The lowest BCUT2D eigenvalue weighted by Crippen LogP contribution is -2.43. The Balaban J connectivity index is 1.93. The van der Waals surface area contributed by atoms with Crippen molar-refractivity contribution in [2.24, 2.45) is 5.73 Å². The van der Waals surface area contributed by atoms with Crippen LogP contribution < -0.4 is 19.9 Å². The van der Waals surface area contributed by atoms with Crippen molar-refractivity contribution in [3.8, 4) is 17.2 Å². The molecule has 5 nitrogen and oxygen atoms in total. The Bertz CT molecular complexity index is 507. The van der Waals surface area contributed by atoms with E-state index in [1.54, 1.807) is 7.11 Å². The number of piperidine rings is 1. The normalized spacial score (nSPS) is 23.1. The Hall–Kier alpha value is -1.46. The number of likely N-dealkylation sites (tertiary alicyclic amines) is 1. The summed E-state index contributed by atoms with van der Waals surface area (Å²) in [6.45, 7) is 4.22. The minimum Gasteiger partial charge on any atom is -0.493 e. The molecule has 21 heavy (non-hydrogen) atoms. The lowest BCUT2D eigenvalue weighted by molar-refractivity contribution is 0.108. The lowest BCUT2D eigenvalue weighted by atomic mass is 9.96. The zero-order valence-electron chi connectivity index (χ0n) is 12.8. The van der Waals surface area contributed by atoms with E-state index in [0.717, 1.165) is 23.6 Å². The van der Waals surface area contributed by atoms with Crippen LogP contribution in [0.3, 0.4) is 0 Å². The summed E-state index contributed by atoms with van der Waals surface area (Å²) in [4.78, 5) is 2.50. The Kier molecular flexibility index (Phi) is 4.22. The van der Waals surface area contributed by atoms with E-state index < -0.39 is 0 Å². The third-order valence-corrected chi connectivity index (χ3v) is 4.54. The van der Waals surface area contributed by atoms with Crippen LogP contribution in [0.5, 0.6) is 17.2 Å². The van der Waals surface area contributed by atoms with Gasteiger partial charge in [0.1, 0.15) is 0 Å². The van der Waals surface area contributed by atoms with Gasteiger partial charge in [-0.15, -0.1) is 0 Å². The molecule has 0 amide bonds. The summed E-state index contributed by atoms with van der Waals surface area (Å²) in [6, 6.07) is 4.84. The van der Waals surface area contributed by atoms with Gasteiger partial charge < -0.3 is 19.9 Å². The smallest absolute Gasteiger partial charge is 0.231 e. The van der Waals surface area contributed by atoms with Crippen LogP contribution in [0.25, 0.3) is 0 Å². The molecular formula is C16H24N2O3. The topological polar surface area (TPSA) is 57.0 Å². The van der Waals surface area contributed by atoms with Crippen molar-refractivity contribution in [3.63, 3.8) is 0 Å². The van der Waals surface area contributed by atoms with E-state index in [0.29, 0.717) is 18.3 Å². The maximum atomic E-state index is 6.08. The molecule has 5 heteroatoms. The fourth-order valence-corrected chi connectivity index (χ4v) is 3.39. The average Bonchev–Trinajstić information content (AvgIpc) is 2.97. The molecule has 2 unspecified atom stereocenters. The van der Waals surface area contributed by atoms with Gasteiger partial charge in [0, 0.05) is 18.6 Å². The molecule has 1 aromatic carbocycles. The van der Waals surface area contributed by atoms with Crippen molar-refractivity contribution in [3.05, 3.63) is 17.7 Å². The minimum absolute atomic E-state index is 0.198. The summed E-state index contributed by atoms with van der Waals surface area (Å²) >= 11 is 0. The van der Waals surface area contributed by atoms with Gasteiger partial charge >= 0.3 is 0 Å². The molecule has 1 fully saturated rings. The van der Waals surface area contributed by atoms with Gasteiger partial charge in [-0.25, -0.2) is 0 Å². The van der Waals surface area contributed by atoms with E-state index in [2.05, 4.69) is 11.8 Å². The number of nitrogens with two attached hydrogens (primary N) is 1. The molecule has 2 aliphatic rings. The second kappa shape index (κ2) is 6.12. The molecule has 0 spiro atoms. The molecule has 2 heterocycles. The van der Waals surface area contributed by atoms with Crippen LogP contribution in [-0.2, 0) is 0 Å². The molecule has 1 aromatic rings. The fraction of sp³-hybridized carbons (Fsp3) is 0.625. The van der Waals surface area contributed by atoms with Crippen molar-refractivity contribution >= 4 is 0 Å². The van der Waals surface area contributed by atoms with Crippen molar-refractivity contribution in [1.29, 1.82) is 0 Å². The number of fused-ring (bicyclic) bond motifs is 1. The Morgan fingerprint density at radius 2 is 2.24 bits per heavy atom. The summed E-state index contributed by atoms with van der Waals surface area (Å²) in [6.07, 6.45) is 3.78. The standard InChI is InChI=1S/C16H24N2O3/c1-11-5-3-4-6-18(11)13(9-17)12-7-14(19-2)16-15(8-12)20-10-21-16/h7-8,11,13H,3-6,9-10,17H2,1-2H3. The van der Waals surface area contributed by atoms with Crippen molar-refractivity contribution in [2.75, 3.05) is 27.0 Å². The number of benzene rings is 1. The molecular weight excluding hydrogens is 268 g/mol. The summed E-state index contributed by atoms with van der Waals surface area (Å²) < 4.78 is 16.4. The molecule has 0 aromatic heterocycles. The third-order valence-electron chi connectivity index (χ3n) is 4.54. The average molecular weight is 292 g/mol. The van der Waals surface area contributed by atoms with E-state index in [1.165, 1.54) is 19.3 Å². The van der Waals surface area contributed by atoms with Crippen molar-refractivity contribution in [1.82, 2.24) is 4.90 Å². The number of ether oxygens (including phenoxy) is 3. The molecule has 3 rings (SSSR count). The molecule has 0 aliphatic carbocycles.